The Hall–Kier alpha value is -1.75. The van der Waals surface area contributed by atoms with E-state index in [1.807, 2.05) is 18.2 Å². The molecule has 0 spiro atoms. The summed E-state index contributed by atoms with van der Waals surface area (Å²) < 4.78 is 10.5. The fraction of sp³-hybridized carbons (Fsp3) is 0.500. The lowest BCUT2D eigenvalue weighted by molar-refractivity contribution is -0.139. The molecule has 5 heteroatoms. The van der Waals surface area contributed by atoms with E-state index < -0.39 is 5.97 Å². The molecule has 0 amide bonds. The normalized spacial score (nSPS) is 15.9. The second-order valence-corrected chi connectivity index (χ2v) is 4.88. The van der Waals surface area contributed by atoms with Crippen molar-refractivity contribution in [3.05, 3.63) is 23.8 Å². The lowest BCUT2D eigenvalue weighted by Crippen LogP contribution is -2.46. The molecule has 5 nitrogen and oxygen atoms in total. The molecule has 1 aromatic carbocycles. The van der Waals surface area contributed by atoms with Crippen LogP contribution in [-0.2, 0) is 11.3 Å². The Morgan fingerprint density at radius 1 is 1.26 bits per heavy atom. The van der Waals surface area contributed by atoms with Crippen LogP contribution in [0.1, 0.15) is 12.0 Å². The quantitative estimate of drug-likeness (QED) is 0.846. The van der Waals surface area contributed by atoms with Crippen molar-refractivity contribution in [1.29, 1.82) is 0 Å². The van der Waals surface area contributed by atoms with E-state index in [1.165, 1.54) is 0 Å². The van der Waals surface area contributed by atoms with Crippen LogP contribution in [0.5, 0.6) is 11.5 Å². The Morgan fingerprint density at radius 3 is 2.32 bits per heavy atom. The highest BCUT2D eigenvalue weighted by molar-refractivity contribution is 5.67. The van der Waals surface area contributed by atoms with Crippen LogP contribution in [-0.4, -0.2) is 43.3 Å². The highest BCUT2D eigenvalue weighted by Gasteiger charge is 2.28. The monoisotopic (exact) mass is 265 g/mol. The zero-order chi connectivity index (χ0) is 13.8. The van der Waals surface area contributed by atoms with Crippen LogP contribution < -0.4 is 9.47 Å². The molecule has 19 heavy (non-hydrogen) atoms. The highest BCUT2D eigenvalue weighted by atomic mass is 16.5. The third kappa shape index (κ3) is 3.61. The number of ether oxygens (including phenoxy) is 2. The van der Waals surface area contributed by atoms with Gasteiger partial charge in [0.1, 0.15) is 11.5 Å². The van der Waals surface area contributed by atoms with Gasteiger partial charge in [-0.05, 0) is 23.6 Å². The largest absolute Gasteiger partial charge is 0.497 e. The zero-order valence-electron chi connectivity index (χ0n) is 11.3. The van der Waals surface area contributed by atoms with Crippen LogP contribution in [0.25, 0.3) is 0 Å². The van der Waals surface area contributed by atoms with Gasteiger partial charge in [-0.25, -0.2) is 0 Å². The van der Waals surface area contributed by atoms with Gasteiger partial charge in [0.15, 0.2) is 0 Å². The van der Waals surface area contributed by atoms with Crippen molar-refractivity contribution in [2.75, 3.05) is 27.3 Å². The Labute approximate surface area is 112 Å². The van der Waals surface area contributed by atoms with E-state index in [0.717, 1.165) is 36.7 Å². The molecule has 0 aromatic heterocycles. The van der Waals surface area contributed by atoms with Crippen molar-refractivity contribution in [1.82, 2.24) is 4.90 Å². The number of carbonyl (C=O) groups is 1. The summed E-state index contributed by atoms with van der Waals surface area (Å²) in [6.45, 7) is 2.47. The van der Waals surface area contributed by atoms with Crippen molar-refractivity contribution in [2.45, 2.75) is 13.0 Å². The number of hydrogen-bond donors (Lipinski definition) is 1. The molecule has 1 aliphatic heterocycles. The van der Waals surface area contributed by atoms with Gasteiger partial charge in [-0.3, -0.25) is 9.69 Å². The maximum absolute atomic E-state index is 10.6. The summed E-state index contributed by atoms with van der Waals surface area (Å²) in [6, 6.07) is 5.80. The molecule has 0 aliphatic carbocycles. The van der Waals surface area contributed by atoms with Crippen LogP contribution in [0.3, 0.4) is 0 Å². The first-order chi connectivity index (χ1) is 9.10. The van der Waals surface area contributed by atoms with Gasteiger partial charge < -0.3 is 14.6 Å². The van der Waals surface area contributed by atoms with Crippen LogP contribution in [0.15, 0.2) is 18.2 Å². The number of likely N-dealkylation sites (tertiary alicyclic amines) is 1. The first-order valence-corrected chi connectivity index (χ1v) is 6.27. The van der Waals surface area contributed by atoms with Crippen molar-refractivity contribution in [3.63, 3.8) is 0 Å². The first kappa shape index (κ1) is 13.7. The van der Waals surface area contributed by atoms with Crippen LogP contribution in [0.4, 0.5) is 0 Å². The average molecular weight is 265 g/mol. The molecule has 1 saturated heterocycles. The molecule has 0 bridgehead atoms. The number of carboxylic acid groups (broad SMARTS) is 1. The van der Waals surface area contributed by atoms with Gasteiger partial charge in [-0.15, -0.1) is 0 Å². The van der Waals surface area contributed by atoms with Gasteiger partial charge >= 0.3 is 5.97 Å². The summed E-state index contributed by atoms with van der Waals surface area (Å²) in [5.41, 5.74) is 1.12. The van der Waals surface area contributed by atoms with Crippen molar-refractivity contribution < 1.29 is 19.4 Å². The zero-order valence-corrected chi connectivity index (χ0v) is 11.3. The van der Waals surface area contributed by atoms with Crippen LogP contribution in [0.2, 0.25) is 0 Å². The molecule has 0 atom stereocenters. The van der Waals surface area contributed by atoms with E-state index in [2.05, 4.69) is 4.90 Å². The van der Waals surface area contributed by atoms with Gasteiger partial charge in [-0.2, -0.15) is 0 Å². The van der Waals surface area contributed by atoms with Gasteiger partial charge in [0.2, 0.25) is 0 Å². The number of benzene rings is 1. The summed E-state index contributed by atoms with van der Waals surface area (Å²) in [5, 5.41) is 8.71. The van der Waals surface area contributed by atoms with E-state index in [9.17, 15) is 4.79 Å². The van der Waals surface area contributed by atoms with Crippen molar-refractivity contribution in [2.24, 2.45) is 5.92 Å². The molecule has 1 heterocycles. The predicted octanol–water partition coefficient (Wildman–Crippen LogP) is 1.61. The molecule has 1 aliphatic rings. The highest BCUT2D eigenvalue weighted by Crippen LogP contribution is 2.26. The number of hydrogen-bond acceptors (Lipinski definition) is 4. The molecule has 1 N–H and O–H groups in total. The summed E-state index contributed by atoms with van der Waals surface area (Å²) in [7, 11) is 3.26. The number of carboxylic acids is 1. The van der Waals surface area contributed by atoms with Crippen molar-refractivity contribution in [3.8, 4) is 11.5 Å². The number of nitrogens with zero attached hydrogens (tertiary/aromatic N) is 1. The van der Waals surface area contributed by atoms with E-state index in [-0.39, 0.29) is 12.3 Å². The molecular formula is C14H19NO4. The fourth-order valence-electron chi connectivity index (χ4n) is 2.40. The Bertz CT molecular complexity index is 433. The fourth-order valence-corrected chi connectivity index (χ4v) is 2.40. The summed E-state index contributed by atoms with van der Waals surface area (Å²) in [6.07, 6.45) is 0.262. The van der Waals surface area contributed by atoms with Gasteiger partial charge in [0.05, 0.1) is 20.6 Å². The predicted molar refractivity (Wildman–Crippen MR) is 70.6 cm³/mol. The number of methoxy groups -OCH3 is 2. The SMILES string of the molecule is COc1cc(CN2CC(CC(=O)O)C2)cc(OC)c1. The standard InChI is InChI=1S/C14H19NO4/c1-18-12-3-10(4-13(6-12)19-2)7-15-8-11(9-15)5-14(16)17/h3-4,6,11H,5,7-9H2,1-2H3,(H,16,17). The molecular weight excluding hydrogens is 246 g/mol. The van der Waals surface area contributed by atoms with Gasteiger partial charge in [0.25, 0.3) is 0 Å². The van der Waals surface area contributed by atoms with Gasteiger partial charge in [0, 0.05) is 25.7 Å². The molecule has 0 radical (unpaired) electrons. The van der Waals surface area contributed by atoms with Gasteiger partial charge in [-0.1, -0.05) is 0 Å². The second-order valence-electron chi connectivity index (χ2n) is 4.88. The molecule has 0 saturated carbocycles. The third-order valence-corrected chi connectivity index (χ3v) is 3.31. The van der Waals surface area contributed by atoms with E-state index in [0.29, 0.717) is 0 Å². The molecule has 104 valence electrons. The number of rotatable bonds is 6. The van der Waals surface area contributed by atoms with E-state index in [4.69, 9.17) is 14.6 Å². The minimum Gasteiger partial charge on any atom is -0.497 e. The molecule has 1 aromatic rings. The Morgan fingerprint density at radius 2 is 1.84 bits per heavy atom. The smallest absolute Gasteiger partial charge is 0.303 e. The maximum Gasteiger partial charge on any atom is 0.303 e. The maximum atomic E-state index is 10.6. The average Bonchev–Trinajstić information content (AvgIpc) is 2.35. The molecule has 2 rings (SSSR count). The van der Waals surface area contributed by atoms with Crippen LogP contribution in [0, 0.1) is 5.92 Å². The third-order valence-electron chi connectivity index (χ3n) is 3.31. The minimum absolute atomic E-state index is 0.262. The van der Waals surface area contributed by atoms with E-state index in [1.54, 1.807) is 14.2 Å². The minimum atomic E-state index is -0.715. The Kier molecular flexibility index (Phi) is 4.27. The summed E-state index contributed by atoms with van der Waals surface area (Å²) in [5.74, 6) is 1.12. The molecule has 1 fully saturated rings. The first-order valence-electron chi connectivity index (χ1n) is 6.27. The Balaban J connectivity index is 1.92. The molecule has 0 unspecified atom stereocenters. The topological polar surface area (TPSA) is 59.0 Å². The second kappa shape index (κ2) is 5.93. The van der Waals surface area contributed by atoms with Crippen molar-refractivity contribution >= 4 is 5.97 Å². The van der Waals surface area contributed by atoms with Crippen LogP contribution >= 0.6 is 0 Å². The lowest BCUT2D eigenvalue weighted by atomic mass is 9.96. The summed E-state index contributed by atoms with van der Waals surface area (Å²) >= 11 is 0. The summed E-state index contributed by atoms with van der Waals surface area (Å²) in [4.78, 5) is 12.8. The lowest BCUT2D eigenvalue weighted by Gasteiger charge is -2.38. The van der Waals surface area contributed by atoms with E-state index >= 15 is 0 Å². The number of aliphatic carboxylic acids is 1.